The van der Waals surface area contributed by atoms with Gasteiger partial charge in [-0.25, -0.2) is 8.78 Å². The number of nitrogens with one attached hydrogen (secondary N) is 2. The summed E-state index contributed by atoms with van der Waals surface area (Å²) in [6, 6.07) is 2.75. The fraction of sp³-hybridized carbons (Fsp3) is 0.556. The average Bonchev–Trinajstić information content (AvgIpc) is 3.13. The highest BCUT2D eigenvalue weighted by molar-refractivity contribution is 5.94. The van der Waals surface area contributed by atoms with Gasteiger partial charge in [0.15, 0.2) is 0 Å². The second-order valence-corrected chi connectivity index (χ2v) is 6.81. The van der Waals surface area contributed by atoms with Crippen molar-refractivity contribution in [2.75, 3.05) is 26.2 Å². The molecule has 2 atom stereocenters. The van der Waals surface area contributed by atoms with Gasteiger partial charge in [0.2, 0.25) is 5.91 Å². The highest BCUT2D eigenvalue weighted by Crippen LogP contribution is 2.19. The van der Waals surface area contributed by atoms with Crippen molar-refractivity contribution < 1.29 is 18.4 Å². The van der Waals surface area contributed by atoms with Crippen LogP contribution in [0, 0.1) is 17.6 Å². The Morgan fingerprint density at radius 3 is 2.54 bits per heavy atom. The van der Waals surface area contributed by atoms with Crippen molar-refractivity contribution in [3.05, 3.63) is 35.4 Å². The fourth-order valence-corrected chi connectivity index (χ4v) is 3.55. The summed E-state index contributed by atoms with van der Waals surface area (Å²) in [5.41, 5.74) is 0.0253. The molecule has 2 aliphatic rings. The highest BCUT2D eigenvalue weighted by Gasteiger charge is 2.27. The Morgan fingerprint density at radius 2 is 1.88 bits per heavy atom. The average molecular weight is 388 g/mol. The third-order valence-corrected chi connectivity index (χ3v) is 4.86. The summed E-state index contributed by atoms with van der Waals surface area (Å²) in [5.74, 6) is -1.72. The number of carbonyl (C=O) groups is 2. The lowest BCUT2D eigenvalue weighted by atomic mass is 9.97. The van der Waals surface area contributed by atoms with Crippen molar-refractivity contribution in [3.8, 4) is 0 Å². The van der Waals surface area contributed by atoms with Crippen molar-refractivity contribution in [1.29, 1.82) is 0 Å². The van der Waals surface area contributed by atoms with Crippen LogP contribution in [0.25, 0.3) is 0 Å². The predicted octanol–water partition coefficient (Wildman–Crippen LogP) is 2.11. The van der Waals surface area contributed by atoms with Crippen LogP contribution in [-0.2, 0) is 4.79 Å². The summed E-state index contributed by atoms with van der Waals surface area (Å²) in [6.45, 7) is 2.42. The number of amides is 2. The zero-order valence-corrected chi connectivity index (χ0v) is 15.3. The second-order valence-electron chi connectivity index (χ2n) is 6.81. The van der Waals surface area contributed by atoms with Gasteiger partial charge in [0.1, 0.15) is 11.6 Å². The smallest absolute Gasteiger partial charge is 0.254 e. The van der Waals surface area contributed by atoms with Crippen LogP contribution in [0.15, 0.2) is 18.2 Å². The molecule has 2 aliphatic heterocycles. The van der Waals surface area contributed by atoms with Gasteiger partial charge in [0, 0.05) is 31.3 Å². The largest absolute Gasteiger partial charge is 0.354 e. The van der Waals surface area contributed by atoms with E-state index in [1.807, 2.05) is 0 Å². The van der Waals surface area contributed by atoms with Crippen LogP contribution in [0.5, 0.6) is 0 Å². The fourth-order valence-electron chi connectivity index (χ4n) is 3.55. The molecule has 0 aromatic heterocycles. The lowest BCUT2D eigenvalue weighted by Crippen LogP contribution is -2.46. The van der Waals surface area contributed by atoms with E-state index in [9.17, 15) is 18.4 Å². The van der Waals surface area contributed by atoms with E-state index in [1.54, 1.807) is 4.90 Å². The summed E-state index contributed by atoms with van der Waals surface area (Å²) >= 11 is 0. The molecule has 0 spiro atoms. The predicted molar refractivity (Wildman–Crippen MR) is 96.3 cm³/mol. The molecule has 144 valence electrons. The molecule has 0 bridgehead atoms. The summed E-state index contributed by atoms with van der Waals surface area (Å²) in [4.78, 5) is 26.2. The van der Waals surface area contributed by atoms with Crippen LogP contribution in [0.3, 0.4) is 0 Å². The van der Waals surface area contributed by atoms with Gasteiger partial charge in [-0.1, -0.05) is 0 Å². The maximum Gasteiger partial charge on any atom is 0.254 e. The first-order valence-electron chi connectivity index (χ1n) is 8.79. The van der Waals surface area contributed by atoms with E-state index < -0.39 is 11.6 Å². The van der Waals surface area contributed by atoms with Gasteiger partial charge in [-0.05, 0) is 50.3 Å². The van der Waals surface area contributed by atoms with Gasteiger partial charge < -0.3 is 15.5 Å². The van der Waals surface area contributed by atoms with E-state index in [4.69, 9.17) is 0 Å². The van der Waals surface area contributed by atoms with Crippen LogP contribution < -0.4 is 10.6 Å². The third kappa shape index (κ3) is 5.14. The number of halogens is 3. The van der Waals surface area contributed by atoms with Crippen molar-refractivity contribution in [2.24, 2.45) is 5.92 Å². The molecule has 8 heteroatoms. The number of nitrogens with zero attached hydrogens (tertiary/aromatic N) is 1. The minimum atomic E-state index is -0.756. The third-order valence-electron chi connectivity index (χ3n) is 4.86. The van der Waals surface area contributed by atoms with E-state index in [0.717, 1.165) is 50.4 Å². The molecule has 2 N–H and O–H groups in total. The first-order chi connectivity index (χ1) is 12.0. The van der Waals surface area contributed by atoms with Crippen LogP contribution in [0.2, 0.25) is 0 Å². The minimum Gasteiger partial charge on any atom is -0.354 e. The topological polar surface area (TPSA) is 61.4 Å². The Kier molecular flexibility index (Phi) is 7.34. The molecule has 0 saturated carbocycles. The van der Waals surface area contributed by atoms with Gasteiger partial charge in [-0.3, -0.25) is 9.59 Å². The molecular formula is C18H24ClF2N3O2. The standard InChI is InChI=1S/C18H23F2N3O2.ClH/c19-14-7-13(8-15(20)9-14)18(25)23-6-2-3-12(11-23)10-22-17(24)16-4-1-5-21-16;/h7-9,12,16,21H,1-6,10-11H2,(H,22,24);1H. The number of benzene rings is 1. The molecule has 2 saturated heterocycles. The molecule has 2 heterocycles. The van der Waals surface area contributed by atoms with Crippen LogP contribution in [0.4, 0.5) is 8.78 Å². The Morgan fingerprint density at radius 1 is 1.15 bits per heavy atom. The molecule has 2 amide bonds. The summed E-state index contributed by atoms with van der Waals surface area (Å²) in [7, 11) is 0. The molecular weight excluding hydrogens is 364 g/mol. The number of likely N-dealkylation sites (tertiary alicyclic amines) is 1. The molecule has 0 radical (unpaired) electrons. The maximum absolute atomic E-state index is 13.3. The zero-order valence-electron chi connectivity index (χ0n) is 14.5. The van der Waals surface area contributed by atoms with Gasteiger partial charge in [0.05, 0.1) is 6.04 Å². The molecule has 1 aromatic carbocycles. The van der Waals surface area contributed by atoms with Gasteiger partial charge in [-0.15, -0.1) is 12.4 Å². The lowest BCUT2D eigenvalue weighted by Gasteiger charge is -2.33. The van der Waals surface area contributed by atoms with Gasteiger partial charge >= 0.3 is 0 Å². The normalized spacial score (nSPS) is 22.6. The number of carbonyl (C=O) groups excluding carboxylic acids is 2. The Labute approximate surface area is 157 Å². The molecule has 1 aromatic rings. The van der Waals surface area contributed by atoms with Gasteiger partial charge in [0.25, 0.3) is 5.91 Å². The Balaban J connectivity index is 0.00000243. The highest BCUT2D eigenvalue weighted by atomic mass is 35.5. The number of hydrogen-bond donors (Lipinski definition) is 2. The molecule has 2 fully saturated rings. The SMILES string of the molecule is Cl.O=C(NCC1CCCN(C(=O)c2cc(F)cc(F)c2)C1)C1CCCN1. The van der Waals surface area contributed by atoms with Crippen molar-refractivity contribution >= 4 is 24.2 Å². The zero-order chi connectivity index (χ0) is 17.8. The van der Waals surface area contributed by atoms with Crippen molar-refractivity contribution in [3.63, 3.8) is 0 Å². The van der Waals surface area contributed by atoms with E-state index in [2.05, 4.69) is 10.6 Å². The monoisotopic (exact) mass is 387 g/mol. The molecule has 0 aliphatic carbocycles. The summed E-state index contributed by atoms with van der Waals surface area (Å²) in [6.07, 6.45) is 3.59. The summed E-state index contributed by atoms with van der Waals surface area (Å²) in [5, 5.41) is 6.11. The number of piperidine rings is 1. The van der Waals surface area contributed by atoms with Crippen molar-refractivity contribution in [1.82, 2.24) is 15.5 Å². The Bertz CT molecular complexity index is 633. The minimum absolute atomic E-state index is 0. The van der Waals surface area contributed by atoms with E-state index in [0.29, 0.717) is 19.6 Å². The van der Waals surface area contributed by atoms with Crippen molar-refractivity contribution in [2.45, 2.75) is 31.7 Å². The molecule has 5 nitrogen and oxygen atoms in total. The summed E-state index contributed by atoms with van der Waals surface area (Å²) < 4.78 is 26.7. The second kappa shape index (κ2) is 9.28. The van der Waals surface area contributed by atoms with E-state index in [1.165, 1.54) is 0 Å². The number of rotatable bonds is 4. The molecule has 26 heavy (non-hydrogen) atoms. The number of hydrogen-bond acceptors (Lipinski definition) is 3. The van der Waals surface area contributed by atoms with Crippen LogP contribution in [-0.4, -0.2) is 48.9 Å². The Hall–Kier alpha value is -1.73. The van der Waals surface area contributed by atoms with Gasteiger partial charge in [-0.2, -0.15) is 0 Å². The van der Waals surface area contributed by atoms with Crippen LogP contribution >= 0.6 is 12.4 Å². The first kappa shape index (κ1) is 20.6. The molecule has 3 rings (SSSR count). The van der Waals surface area contributed by atoms with Crippen LogP contribution in [0.1, 0.15) is 36.0 Å². The lowest BCUT2D eigenvalue weighted by molar-refractivity contribution is -0.123. The van der Waals surface area contributed by atoms with E-state index in [-0.39, 0.29) is 41.7 Å². The molecule has 2 unspecified atom stereocenters. The quantitative estimate of drug-likeness (QED) is 0.831. The first-order valence-corrected chi connectivity index (χ1v) is 8.79. The van der Waals surface area contributed by atoms with E-state index >= 15 is 0 Å². The maximum atomic E-state index is 13.3.